The van der Waals surface area contributed by atoms with Crippen molar-refractivity contribution in [2.75, 3.05) is 0 Å². The summed E-state index contributed by atoms with van der Waals surface area (Å²) < 4.78 is 67.7. The minimum Gasteiger partial charge on any atom is -0.262 e. The predicted octanol–water partition coefficient (Wildman–Crippen LogP) is 4.95. The van der Waals surface area contributed by atoms with Crippen molar-refractivity contribution >= 4 is 22.7 Å². The number of halogens is 5. The minimum atomic E-state index is -5.15. The van der Waals surface area contributed by atoms with Gasteiger partial charge in [-0.25, -0.2) is 13.8 Å². The third kappa shape index (κ3) is 2.97. The molecular weight excluding hydrogens is 399 g/mol. The van der Waals surface area contributed by atoms with Crippen LogP contribution < -0.4 is 0 Å². The van der Waals surface area contributed by atoms with E-state index < -0.39 is 28.6 Å². The van der Waals surface area contributed by atoms with Gasteiger partial charge in [0.25, 0.3) is 0 Å². The van der Waals surface area contributed by atoms with Crippen LogP contribution in [0.4, 0.5) is 22.0 Å². The van der Waals surface area contributed by atoms with Crippen LogP contribution in [0.25, 0.3) is 0 Å². The molecule has 1 atom stereocenters. The standard InChI is InChI=1S/C19H13F5N2OS/c20-12-7-8-15(21)13(10-12)16-25-26(17(27)19(22,23)24)18(28-16)9-3-5-11-4-1-2-6-14(11)18/h1-2,4,6-8,10H,3,5,9H2. The highest BCUT2D eigenvalue weighted by Gasteiger charge is 2.56. The van der Waals surface area contributed by atoms with Crippen molar-refractivity contribution in [2.45, 2.75) is 30.3 Å². The number of hydrazone groups is 1. The molecule has 0 fully saturated rings. The smallest absolute Gasteiger partial charge is 0.262 e. The summed E-state index contributed by atoms with van der Waals surface area (Å²) in [7, 11) is 0. The van der Waals surface area contributed by atoms with E-state index in [2.05, 4.69) is 5.10 Å². The molecule has 4 rings (SSSR count). The average Bonchev–Trinajstić information content (AvgIpc) is 3.02. The lowest BCUT2D eigenvalue weighted by molar-refractivity contribution is -0.189. The molecule has 3 nitrogen and oxygen atoms in total. The van der Waals surface area contributed by atoms with Crippen molar-refractivity contribution in [2.24, 2.45) is 5.10 Å². The summed E-state index contributed by atoms with van der Waals surface area (Å²) in [5.41, 5.74) is 1.06. The first-order valence-corrected chi connectivity index (χ1v) is 9.27. The van der Waals surface area contributed by atoms with Gasteiger partial charge in [0.1, 0.15) is 21.5 Å². The van der Waals surface area contributed by atoms with E-state index in [-0.39, 0.29) is 17.0 Å². The molecule has 1 heterocycles. The molecule has 0 saturated heterocycles. The molecule has 146 valence electrons. The Balaban J connectivity index is 1.89. The highest BCUT2D eigenvalue weighted by molar-refractivity contribution is 8.15. The van der Waals surface area contributed by atoms with E-state index in [4.69, 9.17) is 0 Å². The normalized spacial score (nSPS) is 21.6. The van der Waals surface area contributed by atoms with Crippen molar-refractivity contribution in [3.05, 3.63) is 70.8 Å². The van der Waals surface area contributed by atoms with Crippen molar-refractivity contribution < 1.29 is 26.7 Å². The van der Waals surface area contributed by atoms with Crippen molar-refractivity contribution in [1.82, 2.24) is 5.01 Å². The number of alkyl halides is 3. The van der Waals surface area contributed by atoms with E-state index in [1.54, 1.807) is 24.3 Å². The van der Waals surface area contributed by atoms with Gasteiger partial charge in [0.15, 0.2) is 0 Å². The molecule has 2 aromatic carbocycles. The van der Waals surface area contributed by atoms with Gasteiger partial charge in [0.05, 0.1) is 0 Å². The topological polar surface area (TPSA) is 32.7 Å². The Morgan fingerprint density at radius 2 is 1.89 bits per heavy atom. The van der Waals surface area contributed by atoms with Crippen LogP contribution in [0.15, 0.2) is 47.6 Å². The molecule has 9 heteroatoms. The average molecular weight is 412 g/mol. The van der Waals surface area contributed by atoms with Crippen LogP contribution in [0.5, 0.6) is 0 Å². The monoisotopic (exact) mass is 412 g/mol. The summed E-state index contributed by atoms with van der Waals surface area (Å²) in [6.45, 7) is 0. The number of benzene rings is 2. The molecule has 28 heavy (non-hydrogen) atoms. The Kier molecular flexibility index (Phi) is 4.45. The maximum Gasteiger partial charge on any atom is 0.473 e. The summed E-state index contributed by atoms with van der Waals surface area (Å²) in [6.07, 6.45) is -3.77. The highest BCUT2D eigenvalue weighted by Crippen LogP contribution is 2.54. The van der Waals surface area contributed by atoms with Crippen LogP contribution in [0.3, 0.4) is 0 Å². The Hall–Kier alpha value is -2.42. The number of fused-ring (bicyclic) bond motifs is 2. The van der Waals surface area contributed by atoms with Gasteiger partial charge in [-0.15, -0.1) is 0 Å². The van der Waals surface area contributed by atoms with Crippen LogP contribution in [0.2, 0.25) is 0 Å². The predicted molar refractivity (Wildman–Crippen MR) is 94.4 cm³/mol. The Bertz CT molecular complexity index is 991. The zero-order valence-electron chi connectivity index (χ0n) is 14.3. The number of hydrogen-bond donors (Lipinski definition) is 0. The van der Waals surface area contributed by atoms with Gasteiger partial charge >= 0.3 is 12.1 Å². The molecule has 1 unspecified atom stereocenters. The maximum absolute atomic E-state index is 14.2. The van der Waals surface area contributed by atoms with Gasteiger partial charge in [-0.05, 0) is 48.6 Å². The maximum atomic E-state index is 14.2. The third-order valence-corrected chi connectivity index (χ3v) is 6.22. The lowest BCUT2D eigenvalue weighted by Gasteiger charge is -2.40. The van der Waals surface area contributed by atoms with Crippen LogP contribution in [-0.2, 0) is 16.1 Å². The number of thioether (sulfide) groups is 1. The van der Waals surface area contributed by atoms with Crippen LogP contribution >= 0.6 is 11.8 Å². The largest absolute Gasteiger partial charge is 0.473 e. The first kappa shape index (κ1) is 18.9. The fourth-order valence-electron chi connectivity index (χ4n) is 3.59. The summed E-state index contributed by atoms with van der Waals surface area (Å²) >= 11 is 0.854. The number of carbonyl (C=O) groups excluding carboxylic acids is 1. The Labute approximate surface area is 161 Å². The molecule has 0 bridgehead atoms. The Morgan fingerprint density at radius 3 is 2.64 bits per heavy atom. The van der Waals surface area contributed by atoms with E-state index in [0.717, 1.165) is 35.5 Å². The van der Waals surface area contributed by atoms with Crippen molar-refractivity contribution in [1.29, 1.82) is 0 Å². The van der Waals surface area contributed by atoms with E-state index >= 15 is 0 Å². The molecule has 0 saturated carbocycles. The van der Waals surface area contributed by atoms with E-state index in [0.29, 0.717) is 23.4 Å². The van der Waals surface area contributed by atoms with E-state index in [1.807, 2.05) is 0 Å². The second-order valence-corrected chi connectivity index (χ2v) is 7.81. The van der Waals surface area contributed by atoms with Gasteiger partial charge in [-0.3, -0.25) is 4.79 Å². The summed E-state index contributed by atoms with van der Waals surface area (Å²) in [4.78, 5) is 10.7. The molecule has 0 N–H and O–H groups in total. The summed E-state index contributed by atoms with van der Waals surface area (Å²) in [6, 6.07) is 9.52. The molecule has 0 aromatic heterocycles. The SMILES string of the molecule is O=C(N1N=C(c2cc(F)ccc2F)SC12CCCc1ccccc12)C(F)(F)F. The summed E-state index contributed by atoms with van der Waals surface area (Å²) in [5, 5.41) is 4.08. The molecule has 2 aliphatic rings. The van der Waals surface area contributed by atoms with Gasteiger partial charge < -0.3 is 0 Å². The minimum absolute atomic E-state index is 0.161. The van der Waals surface area contributed by atoms with Crippen molar-refractivity contribution in [3.63, 3.8) is 0 Å². The second kappa shape index (κ2) is 6.58. The number of amides is 1. The first-order chi connectivity index (χ1) is 13.2. The lowest BCUT2D eigenvalue weighted by Crippen LogP contribution is -2.48. The fraction of sp³-hybridized carbons (Fsp3) is 0.263. The first-order valence-electron chi connectivity index (χ1n) is 8.45. The molecule has 2 aromatic rings. The molecule has 1 aliphatic carbocycles. The van der Waals surface area contributed by atoms with Crippen LogP contribution in [-0.4, -0.2) is 22.1 Å². The van der Waals surface area contributed by atoms with Gasteiger partial charge in [-0.2, -0.15) is 18.3 Å². The van der Waals surface area contributed by atoms with Gasteiger partial charge in [0.2, 0.25) is 0 Å². The van der Waals surface area contributed by atoms with Crippen LogP contribution in [0.1, 0.15) is 29.5 Å². The fourth-order valence-corrected chi connectivity index (χ4v) is 5.07. The second-order valence-electron chi connectivity index (χ2n) is 6.54. The molecule has 1 amide bonds. The van der Waals surface area contributed by atoms with Gasteiger partial charge in [-0.1, -0.05) is 36.0 Å². The third-order valence-electron chi connectivity index (χ3n) is 4.79. The van der Waals surface area contributed by atoms with Crippen molar-refractivity contribution in [3.8, 4) is 0 Å². The Morgan fingerprint density at radius 1 is 1.14 bits per heavy atom. The number of carbonyl (C=O) groups is 1. The zero-order chi connectivity index (χ0) is 20.1. The van der Waals surface area contributed by atoms with Gasteiger partial charge in [0, 0.05) is 5.56 Å². The molecular formula is C19H13F5N2OS. The molecule has 0 radical (unpaired) electrons. The number of rotatable bonds is 1. The molecule has 1 aliphatic heterocycles. The molecule has 1 spiro atoms. The lowest BCUT2D eigenvalue weighted by atomic mass is 9.86. The number of nitrogens with zero attached hydrogens (tertiary/aromatic N) is 2. The van der Waals surface area contributed by atoms with E-state index in [9.17, 15) is 26.7 Å². The number of hydrogen-bond acceptors (Lipinski definition) is 3. The highest BCUT2D eigenvalue weighted by atomic mass is 32.2. The van der Waals surface area contributed by atoms with Crippen LogP contribution in [0, 0.1) is 11.6 Å². The van der Waals surface area contributed by atoms with E-state index in [1.165, 1.54) is 0 Å². The number of aryl methyl sites for hydroxylation is 1. The summed E-state index contributed by atoms with van der Waals surface area (Å²) in [5.74, 6) is -3.71. The quantitative estimate of drug-likeness (QED) is 0.621. The zero-order valence-corrected chi connectivity index (χ0v) is 15.1.